The van der Waals surface area contributed by atoms with Gasteiger partial charge in [-0.25, -0.2) is 4.68 Å². The van der Waals surface area contributed by atoms with E-state index in [9.17, 15) is 0 Å². The largest absolute Gasteiger partial charge is 0.325 e. The molecule has 1 aromatic heterocycles. The molecular weight excluding hydrogens is 248 g/mol. The van der Waals surface area contributed by atoms with E-state index in [1.54, 1.807) is 0 Å². The molecule has 2 aromatic rings. The average molecular weight is 272 g/mol. The van der Waals surface area contributed by atoms with Crippen LogP contribution in [0.25, 0.3) is 5.69 Å². The second kappa shape index (κ2) is 6.66. The molecule has 4 heteroatoms. The van der Waals surface area contributed by atoms with Crippen LogP contribution in [-0.2, 0) is 13.0 Å². The molecule has 0 aliphatic carbocycles. The van der Waals surface area contributed by atoms with Crippen LogP contribution in [0, 0.1) is 0 Å². The van der Waals surface area contributed by atoms with E-state index in [4.69, 9.17) is 5.73 Å². The molecule has 0 aliphatic rings. The Hall–Kier alpha value is -1.68. The molecule has 0 saturated heterocycles. The van der Waals surface area contributed by atoms with Gasteiger partial charge in [-0.1, -0.05) is 44.5 Å². The molecule has 1 aromatic carbocycles. The molecule has 0 amide bonds. The van der Waals surface area contributed by atoms with E-state index in [1.807, 2.05) is 4.68 Å². The number of unbranched alkanes of at least 4 members (excludes halogenated alkanes) is 1. The molecule has 0 bridgehead atoms. The predicted molar refractivity (Wildman–Crippen MR) is 82.0 cm³/mol. The van der Waals surface area contributed by atoms with E-state index in [2.05, 4.69) is 55.3 Å². The third-order valence-electron chi connectivity index (χ3n) is 3.52. The maximum atomic E-state index is 5.74. The smallest absolute Gasteiger partial charge is 0.100 e. The highest BCUT2D eigenvalue weighted by atomic mass is 15.4. The van der Waals surface area contributed by atoms with E-state index in [1.165, 1.54) is 18.4 Å². The van der Waals surface area contributed by atoms with Gasteiger partial charge in [-0.05, 0) is 36.5 Å². The Labute approximate surface area is 121 Å². The minimum Gasteiger partial charge on any atom is -0.325 e. The van der Waals surface area contributed by atoms with Gasteiger partial charge in [0, 0.05) is 6.54 Å². The van der Waals surface area contributed by atoms with Crippen molar-refractivity contribution in [2.45, 2.75) is 52.5 Å². The summed E-state index contributed by atoms with van der Waals surface area (Å²) in [7, 11) is 0. The number of aromatic nitrogens is 3. The maximum absolute atomic E-state index is 5.74. The molecule has 0 radical (unpaired) electrons. The van der Waals surface area contributed by atoms with Gasteiger partial charge in [0.1, 0.15) is 5.69 Å². The van der Waals surface area contributed by atoms with Gasteiger partial charge in [-0.15, -0.1) is 5.10 Å². The lowest BCUT2D eigenvalue weighted by molar-refractivity contribution is 0.713. The first kappa shape index (κ1) is 14.7. The van der Waals surface area contributed by atoms with Gasteiger partial charge in [0.2, 0.25) is 0 Å². The molecule has 1 heterocycles. The fourth-order valence-electron chi connectivity index (χ4n) is 2.42. The predicted octanol–water partition coefficient (Wildman–Crippen LogP) is 3.19. The lowest BCUT2D eigenvalue weighted by atomic mass is 10.1. The summed E-state index contributed by atoms with van der Waals surface area (Å²) in [4.78, 5) is 0. The van der Waals surface area contributed by atoms with Crippen LogP contribution in [0.2, 0.25) is 0 Å². The molecule has 2 N–H and O–H groups in total. The van der Waals surface area contributed by atoms with E-state index >= 15 is 0 Å². The second-order valence-corrected chi connectivity index (χ2v) is 5.46. The van der Waals surface area contributed by atoms with E-state index in [0.717, 1.165) is 23.5 Å². The lowest BCUT2D eigenvalue weighted by Gasteiger charge is -2.11. The van der Waals surface area contributed by atoms with Crippen LogP contribution in [0.3, 0.4) is 0 Å². The molecule has 108 valence electrons. The van der Waals surface area contributed by atoms with Crippen molar-refractivity contribution in [3.8, 4) is 5.69 Å². The number of rotatable bonds is 6. The summed E-state index contributed by atoms with van der Waals surface area (Å²) >= 11 is 0. The van der Waals surface area contributed by atoms with Crippen molar-refractivity contribution in [2.75, 3.05) is 0 Å². The van der Waals surface area contributed by atoms with Gasteiger partial charge >= 0.3 is 0 Å². The Morgan fingerprint density at radius 3 is 2.45 bits per heavy atom. The summed E-state index contributed by atoms with van der Waals surface area (Å²) in [6, 6.07) is 8.59. The number of aryl methyl sites for hydroxylation is 1. The van der Waals surface area contributed by atoms with Crippen LogP contribution >= 0.6 is 0 Å². The Balaban J connectivity index is 2.29. The van der Waals surface area contributed by atoms with E-state index < -0.39 is 0 Å². The van der Waals surface area contributed by atoms with Crippen LogP contribution in [0.5, 0.6) is 0 Å². The molecular formula is C16H24N4. The van der Waals surface area contributed by atoms with Crippen molar-refractivity contribution < 1.29 is 0 Å². The highest BCUT2D eigenvalue weighted by Crippen LogP contribution is 2.21. The molecule has 0 atom stereocenters. The van der Waals surface area contributed by atoms with Crippen molar-refractivity contribution in [3.63, 3.8) is 0 Å². The molecule has 0 aliphatic heterocycles. The molecule has 0 saturated carbocycles. The van der Waals surface area contributed by atoms with Crippen molar-refractivity contribution >= 4 is 0 Å². The third-order valence-corrected chi connectivity index (χ3v) is 3.52. The second-order valence-electron chi connectivity index (χ2n) is 5.46. The topological polar surface area (TPSA) is 56.7 Å². The van der Waals surface area contributed by atoms with Gasteiger partial charge in [0.25, 0.3) is 0 Å². The SMILES string of the molecule is CCCCc1ccc(-n2nnc(CN)c2C(C)C)cc1. The minimum atomic E-state index is 0.350. The molecule has 20 heavy (non-hydrogen) atoms. The normalized spacial score (nSPS) is 11.2. The van der Waals surface area contributed by atoms with Crippen LogP contribution in [0.15, 0.2) is 24.3 Å². The van der Waals surface area contributed by atoms with Crippen molar-refractivity contribution in [3.05, 3.63) is 41.2 Å². The number of nitrogens with zero attached hydrogens (tertiary/aromatic N) is 3. The maximum Gasteiger partial charge on any atom is 0.100 e. The van der Waals surface area contributed by atoms with Crippen molar-refractivity contribution in [1.29, 1.82) is 0 Å². The summed E-state index contributed by atoms with van der Waals surface area (Å²) in [5, 5.41) is 8.45. The quantitative estimate of drug-likeness (QED) is 0.878. The standard InChI is InChI=1S/C16H24N4/c1-4-5-6-13-7-9-14(10-8-13)20-16(12(2)3)15(11-17)18-19-20/h7-10,12H,4-6,11,17H2,1-3H3. The Bertz CT molecular complexity index is 540. The van der Waals surface area contributed by atoms with Crippen LogP contribution in [0.1, 0.15) is 56.5 Å². The van der Waals surface area contributed by atoms with E-state index in [0.29, 0.717) is 12.5 Å². The molecule has 0 spiro atoms. The van der Waals surface area contributed by atoms with Gasteiger partial charge in [-0.3, -0.25) is 0 Å². The zero-order chi connectivity index (χ0) is 14.5. The third kappa shape index (κ3) is 3.07. The number of hydrogen-bond donors (Lipinski definition) is 1. The molecule has 2 rings (SSSR count). The first-order valence-electron chi connectivity index (χ1n) is 7.41. The van der Waals surface area contributed by atoms with Crippen LogP contribution < -0.4 is 5.73 Å². The number of hydrogen-bond acceptors (Lipinski definition) is 3. The first-order valence-corrected chi connectivity index (χ1v) is 7.41. The van der Waals surface area contributed by atoms with Crippen molar-refractivity contribution in [2.24, 2.45) is 5.73 Å². The Morgan fingerprint density at radius 1 is 1.20 bits per heavy atom. The summed E-state index contributed by atoms with van der Waals surface area (Å²) in [5.41, 5.74) is 10.2. The number of nitrogens with two attached hydrogens (primary N) is 1. The summed E-state index contributed by atoms with van der Waals surface area (Å²) < 4.78 is 1.91. The first-order chi connectivity index (χ1) is 9.67. The highest BCUT2D eigenvalue weighted by Gasteiger charge is 2.16. The Kier molecular flexibility index (Phi) is 4.90. The van der Waals surface area contributed by atoms with Gasteiger partial charge in [0.15, 0.2) is 0 Å². The zero-order valence-corrected chi connectivity index (χ0v) is 12.6. The van der Waals surface area contributed by atoms with Gasteiger partial charge in [0.05, 0.1) is 11.4 Å². The summed E-state index contributed by atoms with van der Waals surface area (Å²) in [6.07, 6.45) is 3.60. The zero-order valence-electron chi connectivity index (χ0n) is 12.6. The minimum absolute atomic E-state index is 0.350. The monoisotopic (exact) mass is 272 g/mol. The molecule has 4 nitrogen and oxygen atoms in total. The van der Waals surface area contributed by atoms with Gasteiger partial charge in [-0.2, -0.15) is 0 Å². The van der Waals surface area contributed by atoms with Gasteiger partial charge < -0.3 is 5.73 Å². The molecule has 0 unspecified atom stereocenters. The van der Waals surface area contributed by atoms with Crippen LogP contribution in [-0.4, -0.2) is 15.0 Å². The fraction of sp³-hybridized carbons (Fsp3) is 0.500. The highest BCUT2D eigenvalue weighted by molar-refractivity contribution is 5.36. The van der Waals surface area contributed by atoms with Crippen LogP contribution in [0.4, 0.5) is 0 Å². The lowest BCUT2D eigenvalue weighted by Crippen LogP contribution is -2.07. The summed E-state index contributed by atoms with van der Waals surface area (Å²) in [5.74, 6) is 0.350. The number of benzene rings is 1. The Morgan fingerprint density at radius 2 is 1.90 bits per heavy atom. The summed E-state index contributed by atoms with van der Waals surface area (Å²) in [6.45, 7) is 6.93. The average Bonchev–Trinajstić information content (AvgIpc) is 2.89. The molecule has 0 fully saturated rings. The fourth-order valence-corrected chi connectivity index (χ4v) is 2.42. The van der Waals surface area contributed by atoms with Crippen molar-refractivity contribution in [1.82, 2.24) is 15.0 Å². The van der Waals surface area contributed by atoms with E-state index in [-0.39, 0.29) is 0 Å².